The lowest BCUT2D eigenvalue weighted by Gasteiger charge is -2.44. The van der Waals surface area contributed by atoms with Gasteiger partial charge in [-0.25, -0.2) is 13.7 Å². The third-order valence-corrected chi connectivity index (χ3v) is 13.0. The molecule has 0 amide bonds. The number of ether oxygens (including phenoxy) is 2. The Morgan fingerprint density at radius 2 is 0.844 bits per heavy atom. The Balaban J connectivity index is 2.73. The number of unbranched alkanes of at least 4 members (excludes halogenated alkanes) is 24. The summed E-state index contributed by atoms with van der Waals surface area (Å²) in [6.07, 6.45) is 12.1. The summed E-state index contributed by atoms with van der Waals surface area (Å²) >= 11 is 0. The smallest absolute Gasteiger partial charge is 0.462 e. The van der Waals surface area contributed by atoms with Gasteiger partial charge in [0.1, 0.15) is 43.2 Å². The maximum atomic E-state index is 13.1. The molecule has 0 radical (unpaired) electrons. The van der Waals surface area contributed by atoms with Crippen LogP contribution >= 0.6 is 23.5 Å². The maximum Gasteiger partial charge on any atom is 0.472 e. The van der Waals surface area contributed by atoms with Gasteiger partial charge in [-0.05, 0) is 25.8 Å². The molecule has 0 aromatic carbocycles. The molecule has 0 aliphatic heterocycles. The fourth-order valence-corrected chi connectivity index (χ4v) is 9.57. The second-order valence-electron chi connectivity index (χ2n) is 16.8. The van der Waals surface area contributed by atoms with Gasteiger partial charge in [-0.15, -0.1) is 0 Å². The van der Waals surface area contributed by atoms with Gasteiger partial charge in [0, 0.05) is 12.8 Å². The van der Waals surface area contributed by atoms with Crippen molar-refractivity contribution in [3.05, 3.63) is 0 Å². The van der Waals surface area contributed by atoms with Crippen molar-refractivity contribution in [2.24, 2.45) is 5.73 Å². The van der Waals surface area contributed by atoms with Gasteiger partial charge < -0.3 is 55.0 Å². The zero-order valence-electron chi connectivity index (χ0n) is 37.9. The number of phosphoric ester groups is 3. The Bertz CT molecular complexity index is 1370. The van der Waals surface area contributed by atoms with Crippen molar-refractivity contribution in [3.63, 3.8) is 0 Å². The molecule has 0 aromatic rings. The summed E-state index contributed by atoms with van der Waals surface area (Å²) in [6.45, 7) is 1.48. The maximum absolute atomic E-state index is 13.1. The molecule has 0 bridgehead atoms. The highest BCUT2D eigenvalue weighted by Crippen LogP contribution is 2.51. The van der Waals surface area contributed by atoms with E-state index >= 15 is 0 Å². The molecule has 0 aromatic heterocycles. The summed E-state index contributed by atoms with van der Waals surface area (Å²) in [6, 6.07) is 0. The number of aliphatic hydroxyl groups excluding tert-OH is 3. The average Bonchev–Trinajstić information content (AvgIpc) is 3.22. The van der Waals surface area contributed by atoms with Crippen LogP contribution in [0, 0.1) is 0 Å². The van der Waals surface area contributed by atoms with Crippen LogP contribution in [0.4, 0.5) is 0 Å². The molecule has 8 atom stereocenters. The lowest BCUT2D eigenvalue weighted by Crippen LogP contribution is -2.65. The van der Waals surface area contributed by atoms with E-state index in [1.165, 1.54) is 89.9 Å². The van der Waals surface area contributed by atoms with Gasteiger partial charge in [-0.1, -0.05) is 155 Å². The van der Waals surface area contributed by atoms with E-state index in [2.05, 4.69) is 16.0 Å². The summed E-state index contributed by atoms with van der Waals surface area (Å²) in [5.74, 6) is -1.29. The van der Waals surface area contributed by atoms with Gasteiger partial charge in [0.15, 0.2) is 6.10 Å². The molecule has 64 heavy (non-hydrogen) atoms. The average molecular weight is 986 g/mol. The largest absolute Gasteiger partial charge is 0.472 e. The van der Waals surface area contributed by atoms with E-state index in [9.17, 15) is 63.1 Å². The zero-order chi connectivity index (χ0) is 47.9. The molecular weight excluding hydrogens is 903 g/mol. The van der Waals surface area contributed by atoms with Gasteiger partial charge in [0.25, 0.3) is 0 Å². The summed E-state index contributed by atoms with van der Waals surface area (Å²) in [7, 11) is -16.6. The first kappa shape index (κ1) is 61.1. The number of phosphoric acid groups is 3. The molecule has 1 fully saturated rings. The molecule has 20 nitrogen and oxygen atoms in total. The highest BCUT2D eigenvalue weighted by atomic mass is 31.2. The first-order valence-electron chi connectivity index (χ1n) is 23.5. The van der Waals surface area contributed by atoms with Crippen LogP contribution in [0.3, 0.4) is 0 Å². The highest BCUT2D eigenvalue weighted by molar-refractivity contribution is 7.47. The Labute approximate surface area is 380 Å². The van der Waals surface area contributed by atoms with Crippen molar-refractivity contribution < 1.29 is 90.6 Å². The molecule has 23 heteroatoms. The predicted molar refractivity (Wildman–Crippen MR) is 237 cm³/mol. The van der Waals surface area contributed by atoms with E-state index in [4.69, 9.17) is 24.3 Å². The number of aliphatic hydroxyl groups is 3. The van der Waals surface area contributed by atoms with Crippen molar-refractivity contribution >= 4 is 35.4 Å². The van der Waals surface area contributed by atoms with Crippen molar-refractivity contribution in [3.8, 4) is 0 Å². The fraction of sp³-hybridized carbons (Fsp3) is 0.951. The highest BCUT2D eigenvalue weighted by Gasteiger charge is 2.56. The normalized spacial score (nSPS) is 22.0. The van der Waals surface area contributed by atoms with E-state index in [1.54, 1.807) is 0 Å². The first-order chi connectivity index (χ1) is 30.3. The van der Waals surface area contributed by atoms with Crippen LogP contribution in [-0.4, -0.2) is 114 Å². The Hall–Kier alpha value is -0.890. The van der Waals surface area contributed by atoms with Crippen LogP contribution < -0.4 is 5.73 Å². The third-order valence-electron chi connectivity index (χ3n) is 11.0. The Morgan fingerprint density at radius 1 is 0.484 bits per heavy atom. The standard InChI is InChI=1S/C41H82NO19P3/c1-2-3-4-5-6-7-8-10-14-17-20-23-26-29-35(44)58-33(31-56-34(43)28-25-22-19-16-13-11-9-12-15-18-21-24-27-30-42)32-57-64(54,55)61-39-36(45)37(46)40(59-62(48,49)50)41(38(39)47)60-63(51,52)53/h33,36-41,45-47H,2-32,42H2,1H3,(H,54,55)(H2,48,49,50)(H2,51,52,53)/t33-,36+,37-,38?,39?,40?,41+/m1/s1. The molecule has 1 saturated carbocycles. The number of carbonyl (C=O) groups excluding carboxylic acids is 2. The van der Waals surface area contributed by atoms with Crippen molar-refractivity contribution in [1.29, 1.82) is 0 Å². The number of carbonyl (C=O) groups is 2. The summed E-state index contributed by atoms with van der Waals surface area (Å²) < 4.78 is 65.4. The number of esters is 2. The number of hydrogen-bond donors (Lipinski definition) is 9. The molecule has 0 spiro atoms. The minimum absolute atomic E-state index is 0.00187. The Morgan fingerprint density at radius 3 is 1.25 bits per heavy atom. The monoisotopic (exact) mass is 985 g/mol. The Kier molecular flexibility index (Phi) is 33.7. The first-order valence-corrected chi connectivity index (χ1v) is 28.1. The topological polar surface area (TPSA) is 329 Å². The van der Waals surface area contributed by atoms with Crippen LogP contribution in [-0.2, 0) is 50.9 Å². The quantitative estimate of drug-likeness (QED) is 0.0171. The van der Waals surface area contributed by atoms with Crippen LogP contribution in [0.5, 0.6) is 0 Å². The lowest BCUT2D eigenvalue weighted by atomic mass is 9.85. The number of nitrogens with two attached hydrogens (primary N) is 1. The SMILES string of the molecule is CCCCCCCCCCCCCCCC(=O)O[C@H](COC(=O)CCCCCCCCCCCCCCCN)COP(=O)(O)OC1C(O)[C@H](OP(=O)(O)O)C(OP(=O)(O)O)[C@H](O)[C@@H]1O. The van der Waals surface area contributed by atoms with Gasteiger partial charge in [0.2, 0.25) is 0 Å². The minimum atomic E-state index is -5.60. The number of rotatable bonds is 41. The summed E-state index contributed by atoms with van der Waals surface area (Å²) in [4.78, 5) is 73.1. The molecule has 1 aliphatic carbocycles. The lowest BCUT2D eigenvalue weighted by molar-refractivity contribution is -0.213. The molecule has 4 unspecified atom stereocenters. The zero-order valence-corrected chi connectivity index (χ0v) is 40.6. The molecule has 1 rings (SSSR count). The molecule has 380 valence electrons. The minimum Gasteiger partial charge on any atom is -0.462 e. The van der Waals surface area contributed by atoms with Crippen molar-refractivity contribution in [2.75, 3.05) is 19.8 Å². The van der Waals surface area contributed by atoms with Crippen molar-refractivity contribution in [2.45, 2.75) is 229 Å². The molecular formula is C41H82NO19P3. The predicted octanol–water partition coefficient (Wildman–Crippen LogP) is 6.90. The van der Waals surface area contributed by atoms with E-state index in [0.717, 1.165) is 70.8 Å². The molecule has 10 N–H and O–H groups in total. The molecule has 1 aliphatic rings. The van der Waals surface area contributed by atoms with E-state index in [-0.39, 0.29) is 12.8 Å². The van der Waals surface area contributed by atoms with Crippen LogP contribution in [0.2, 0.25) is 0 Å². The van der Waals surface area contributed by atoms with Crippen molar-refractivity contribution in [1.82, 2.24) is 0 Å². The van der Waals surface area contributed by atoms with Gasteiger partial charge in [-0.3, -0.25) is 27.7 Å². The van der Waals surface area contributed by atoms with Gasteiger partial charge in [0.05, 0.1) is 6.61 Å². The van der Waals surface area contributed by atoms with E-state index in [0.29, 0.717) is 12.8 Å². The van der Waals surface area contributed by atoms with Gasteiger partial charge >= 0.3 is 35.4 Å². The van der Waals surface area contributed by atoms with Gasteiger partial charge in [-0.2, -0.15) is 0 Å². The second-order valence-corrected chi connectivity index (χ2v) is 20.6. The summed E-state index contributed by atoms with van der Waals surface area (Å²) in [5, 5.41) is 31.8. The van der Waals surface area contributed by atoms with E-state index < -0.39 is 91.3 Å². The number of hydrogen-bond acceptors (Lipinski definition) is 15. The summed E-state index contributed by atoms with van der Waals surface area (Å²) in [5.41, 5.74) is 5.53. The van der Waals surface area contributed by atoms with E-state index in [1.807, 2.05) is 0 Å². The van der Waals surface area contributed by atoms with Crippen LogP contribution in [0.25, 0.3) is 0 Å². The molecule has 0 heterocycles. The molecule has 0 saturated heterocycles. The third kappa shape index (κ3) is 31.2. The van der Waals surface area contributed by atoms with Crippen LogP contribution in [0.1, 0.15) is 187 Å². The fourth-order valence-electron chi connectivity index (χ4n) is 7.48. The van der Waals surface area contributed by atoms with Crippen LogP contribution in [0.15, 0.2) is 0 Å². The second kappa shape index (κ2) is 35.3.